The second kappa shape index (κ2) is 21.4. The fraction of sp³-hybridized carbons (Fsp3) is 0.327. The monoisotopic (exact) mass is 866 g/mol. The van der Waals surface area contributed by atoms with Gasteiger partial charge in [-0.1, -0.05) is 117 Å². The van der Waals surface area contributed by atoms with Crippen molar-refractivity contribution < 1.29 is 38.6 Å². The van der Waals surface area contributed by atoms with Crippen LogP contribution in [-0.2, 0) is 56.1 Å². The van der Waals surface area contributed by atoms with Gasteiger partial charge in [0.05, 0.1) is 0 Å². The highest BCUT2D eigenvalue weighted by molar-refractivity contribution is 5.95. The van der Waals surface area contributed by atoms with E-state index >= 15 is 0 Å². The smallest absolute Gasteiger partial charge is 0.326 e. The summed E-state index contributed by atoms with van der Waals surface area (Å²) in [5.41, 5.74) is 5.59. The topological polar surface area (TPSA) is 172 Å². The van der Waals surface area contributed by atoms with Crippen LogP contribution in [0.4, 0.5) is 0 Å². The number of aliphatic carboxylic acids is 1. The Morgan fingerprint density at radius 1 is 0.625 bits per heavy atom. The molecule has 5 N–H and O–H groups in total. The second-order valence-corrected chi connectivity index (χ2v) is 17.7. The Balaban J connectivity index is 1.34. The molecule has 4 atom stereocenters. The van der Waals surface area contributed by atoms with E-state index in [0.717, 1.165) is 34.2 Å². The highest BCUT2D eigenvalue weighted by atomic mass is 16.5. The Morgan fingerprint density at radius 2 is 1.09 bits per heavy atom. The van der Waals surface area contributed by atoms with Crippen LogP contribution in [0.5, 0.6) is 11.5 Å². The van der Waals surface area contributed by atoms with E-state index < -0.39 is 66.0 Å². The molecule has 2 aliphatic rings. The molecule has 2 heterocycles. The van der Waals surface area contributed by atoms with Gasteiger partial charge in [-0.15, -0.1) is 0 Å². The van der Waals surface area contributed by atoms with Crippen molar-refractivity contribution in [2.24, 2.45) is 5.92 Å². The zero-order chi connectivity index (χ0) is 45.8. The lowest BCUT2D eigenvalue weighted by Crippen LogP contribution is -2.59. The van der Waals surface area contributed by atoms with Gasteiger partial charge in [0.2, 0.25) is 17.7 Å². The molecule has 334 valence electrons. The maximum absolute atomic E-state index is 14.6. The van der Waals surface area contributed by atoms with E-state index in [1.54, 1.807) is 60.7 Å². The zero-order valence-electron chi connectivity index (χ0n) is 37.1. The highest BCUT2D eigenvalue weighted by Gasteiger charge is 2.32. The number of carbonyl (C=O) groups is 5. The zero-order valence-corrected chi connectivity index (χ0v) is 37.1. The van der Waals surface area contributed by atoms with Crippen LogP contribution in [0.3, 0.4) is 0 Å². The van der Waals surface area contributed by atoms with Gasteiger partial charge in [-0.3, -0.25) is 19.2 Å². The average Bonchev–Trinajstić information content (AvgIpc) is 3.25. The van der Waals surface area contributed by atoms with Crippen molar-refractivity contribution in [2.45, 2.75) is 96.5 Å². The first kappa shape index (κ1) is 46.6. The van der Waals surface area contributed by atoms with Crippen molar-refractivity contribution in [1.82, 2.24) is 21.3 Å². The largest absolute Gasteiger partial charge is 0.488 e. The van der Waals surface area contributed by atoms with Gasteiger partial charge < -0.3 is 35.8 Å². The van der Waals surface area contributed by atoms with Gasteiger partial charge in [-0.2, -0.15) is 0 Å². The van der Waals surface area contributed by atoms with Gasteiger partial charge in [0, 0.05) is 25.7 Å². The molecule has 4 amide bonds. The molecule has 0 saturated carbocycles. The molecule has 0 spiro atoms. The van der Waals surface area contributed by atoms with Gasteiger partial charge in [0.25, 0.3) is 5.91 Å². The quantitative estimate of drug-likeness (QED) is 0.0948. The van der Waals surface area contributed by atoms with Gasteiger partial charge in [-0.25, -0.2) is 4.79 Å². The van der Waals surface area contributed by atoms with E-state index in [2.05, 4.69) is 59.4 Å². The van der Waals surface area contributed by atoms with Crippen molar-refractivity contribution in [3.63, 3.8) is 0 Å². The third-order valence-corrected chi connectivity index (χ3v) is 10.7. The minimum absolute atomic E-state index is 0.0270. The first-order chi connectivity index (χ1) is 30.6. The number of carboxylic acid groups (broad SMARTS) is 1. The second-order valence-electron chi connectivity index (χ2n) is 17.7. The lowest BCUT2D eigenvalue weighted by Gasteiger charge is -2.26. The van der Waals surface area contributed by atoms with Gasteiger partial charge in [0.1, 0.15) is 41.3 Å². The highest BCUT2D eigenvalue weighted by Crippen LogP contribution is 2.23. The summed E-state index contributed by atoms with van der Waals surface area (Å²) in [5.74, 6) is -2.34. The summed E-state index contributed by atoms with van der Waals surface area (Å²) in [6.45, 7) is 9.77. The molecular weight excluding hydrogens is 809 g/mol. The third-order valence-electron chi connectivity index (χ3n) is 10.7. The summed E-state index contributed by atoms with van der Waals surface area (Å²) >= 11 is 0. The molecule has 2 bridgehead atoms. The molecule has 64 heavy (non-hydrogen) atoms. The molecule has 0 aromatic heterocycles. The molecule has 5 aromatic rings. The Hall–Kier alpha value is -6.95. The van der Waals surface area contributed by atoms with Crippen molar-refractivity contribution in [1.29, 1.82) is 0 Å². The van der Waals surface area contributed by atoms with E-state index in [0.29, 0.717) is 23.0 Å². The minimum atomic E-state index is -1.34. The Bertz CT molecular complexity index is 2360. The van der Waals surface area contributed by atoms with E-state index in [9.17, 15) is 29.1 Å². The van der Waals surface area contributed by atoms with Gasteiger partial charge in [-0.05, 0) is 96.3 Å². The number of ether oxygens (including phenoxy) is 2. The maximum atomic E-state index is 14.6. The van der Waals surface area contributed by atoms with E-state index in [4.69, 9.17) is 9.47 Å². The molecule has 5 aromatic carbocycles. The van der Waals surface area contributed by atoms with Gasteiger partial charge >= 0.3 is 5.97 Å². The SMILES string of the molecule is CC(C)Cc1ccc(-c2ccc(CC3NC(=O)C(Cc4ccc(OC(C)(C)C)cc4)NC(=O)COc4ccc(cc4)CC(C(=O)O)NC(=O)C(Cc4ccccc4)NC3=O)cc2)cc1. The number of rotatable bonds is 11. The van der Waals surface area contributed by atoms with Gasteiger partial charge in [0.15, 0.2) is 6.61 Å². The van der Waals surface area contributed by atoms with E-state index in [-0.39, 0.29) is 25.7 Å². The summed E-state index contributed by atoms with van der Waals surface area (Å²) < 4.78 is 11.8. The summed E-state index contributed by atoms with van der Waals surface area (Å²) in [6.07, 6.45) is 1.05. The van der Waals surface area contributed by atoms with Crippen LogP contribution < -0.4 is 30.7 Å². The molecule has 4 unspecified atom stereocenters. The molecule has 0 fully saturated rings. The van der Waals surface area contributed by atoms with E-state index in [1.165, 1.54) is 5.56 Å². The molecular formula is C52H58N4O8. The molecule has 12 heteroatoms. The molecule has 7 rings (SSSR count). The number of carboxylic acids is 1. The van der Waals surface area contributed by atoms with Crippen molar-refractivity contribution >= 4 is 29.6 Å². The average molecular weight is 867 g/mol. The summed E-state index contributed by atoms with van der Waals surface area (Å²) in [5, 5.41) is 21.4. The first-order valence-corrected chi connectivity index (χ1v) is 21.7. The predicted octanol–water partition coefficient (Wildman–Crippen LogP) is 6.42. The maximum Gasteiger partial charge on any atom is 0.326 e. The molecule has 0 saturated heterocycles. The predicted molar refractivity (Wildman–Crippen MR) is 246 cm³/mol. The standard InChI is InChI=1S/C52H58N4O8/c1-33(2)27-35-11-19-39(20-12-35)40-21-13-36(14-22-40)30-45-49(59)55-44(28-34-9-7-6-8-10-34)50(60)56-46(51(61)62)31-38-15-23-41(24-16-38)63-32-47(57)53-43(48(58)54-45)29-37-17-25-42(26-18-37)64-52(3,4)5/h6-26,33,43-46H,27-32H2,1-5H3,(H,53,57)(H,54,58)(H,55,59)(H,56,60)(H,61,62). The van der Waals surface area contributed by atoms with Crippen LogP contribution in [0.15, 0.2) is 127 Å². The summed E-state index contributed by atoms with van der Waals surface area (Å²) in [4.78, 5) is 69.1. The fourth-order valence-electron chi connectivity index (χ4n) is 7.49. The summed E-state index contributed by atoms with van der Waals surface area (Å²) in [7, 11) is 0. The number of fused-ring (bicyclic) bond motifs is 16. The van der Waals surface area contributed by atoms with Crippen molar-refractivity contribution in [3.8, 4) is 22.6 Å². The molecule has 0 aliphatic carbocycles. The Labute approximate surface area is 375 Å². The lowest BCUT2D eigenvalue weighted by atomic mass is 9.97. The Kier molecular flexibility index (Phi) is 15.6. The number of hydrogen-bond acceptors (Lipinski definition) is 7. The number of benzene rings is 5. The normalized spacial score (nSPS) is 18.9. The van der Waals surface area contributed by atoms with Crippen LogP contribution in [0.25, 0.3) is 11.1 Å². The van der Waals surface area contributed by atoms with Crippen molar-refractivity contribution in [3.05, 3.63) is 155 Å². The minimum Gasteiger partial charge on any atom is -0.488 e. The summed E-state index contributed by atoms with van der Waals surface area (Å²) in [6, 6.07) is 33.9. The molecule has 0 radical (unpaired) electrons. The lowest BCUT2D eigenvalue weighted by molar-refractivity contribution is -0.142. The number of hydrogen-bond donors (Lipinski definition) is 5. The van der Waals surface area contributed by atoms with Crippen LogP contribution in [0.2, 0.25) is 0 Å². The molecule has 2 aliphatic heterocycles. The van der Waals surface area contributed by atoms with E-state index in [1.807, 2.05) is 63.2 Å². The van der Waals surface area contributed by atoms with Crippen LogP contribution in [0, 0.1) is 5.92 Å². The first-order valence-electron chi connectivity index (χ1n) is 21.7. The van der Waals surface area contributed by atoms with Crippen LogP contribution in [0.1, 0.15) is 62.4 Å². The number of nitrogens with one attached hydrogen (secondary N) is 4. The van der Waals surface area contributed by atoms with Crippen LogP contribution >= 0.6 is 0 Å². The van der Waals surface area contributed by atoms with Crippen LogP contribution in [-0.4, -0.2) is 71.1 Å². The Morgan fingerprint density at radius 3 is 1.59 bits per heavy atom. The molecule has 12 nitrogen and oxygen atoms in total. The number of amides is 4. The number of carbonyl (C=O) groups excluding carboxylic acids is 4. The van der Waals surface area contributed by atoms with Crippen molar-refractivity contribution in [2.75, 3.05) is 6.61 Å². The third kappa shape index (κ3) is 14.0. The fourth-order valence-corrected chi connectivity index (χ4v) is 7.49.